The van der Waals surface area contributed by atoms with Crippen LogP contribution < -0.4 is 5.43 Å². The molecule has 0 saturated carbocycles. The summed E-state index contributed by atoms with van der Waals surface area (Å²) in [4.78, 5) is 16.6. The van der Waals surface area contributed by atoms with Gasteiger partial charge >= 0.3 is 0 Å². The molecule has 1 aromatic heterocycles. The number of imidazole rings is 1. The lowest BCUT2D eigenvalue weighted by Gasteiger charge is -2.06. The summed E-state index contributed by atoms with van der Waals surface area (Å²) in [6, 6.07) is 15.9. The maximum Gasteiger partial charge on any atom is 0.260 e. The lowest BCUT2D eigenvalue weighted by Crippen LogP contribution is -2.23. The van der Waals surface area contributed by atoms with Crippen molar-refractivity contribution in [2.45, 2.75) is 33.2 Å². The van der Waals surface area contributed by atoms with Crippen molar-refractivity contribution >= 4 is 23.2 Å². The summed E-state index contributed by atoms with van der Waals surface area (Å²) in [6.45, 7) is 6.40. The molecule has 0 fully saturated rings. The molecule has 1 N–H and O–H groups in total. The van der Waals surface area contributed by atoms with Crippen LogP contribution in [0.2, 0.25) is 0 Å². The van der Waals surface area contributed by atoms with Crippen molar-refractivity contribution in [3.63, 3.8) is 0 Å². The van der Waals surface area contributed by atoms with Crippen molar-refractivity contribution in [2.24, 2.45) is 5.10 Å². The maximum atomic E-state index is 12.2. The number of nitrogens with one attached hydrogen (secondary N) is 1. The molecule has 5 nitrogen and oxygen atoms in total. The quantitative estimate of drug-likeness (QED) is 0.572. The number of amides is 1. The van der Waals surface area contributed by atoms with Crippen molar-refractivity contribution in [2.75, 3.05) is 0 Å². The lowest BCUT2D eigenvalue weighted by molar-refractivity contribution is -0.121. The standard InChI is InChI=1S/C20H22N4O/c1-14(2)17-10-8-16(9-11-17)12-21-23-20(25)13-24-15(3)22-18-6-4-5-7-19(18)24/h4-12,14H,13H2,1-3H3,(H,23,25)/b21-12+. The molecular weight excluding hydrogens is 312 g/mol. The summed E-state index contributed by atoms with van der Waals surface area (Å²) in [6.07, 6.45) is 1.65. The number of benzene rings is 2. The Morgan fingerprint density at radius 3 is 2.64 bits per heavy atom. The minimum atomic E-state index is -0.179. The topological polar surface area (TPSA) is 59.3 Å². The van der Waals surface area contributed by atoms with E-state index in [1.54, 1.807) is 6.21 Å². The van der Waals surface area contributed by atoms with E-state index in [4.69, 9.17) is 0 Å². The van der Waals surface area contributed by atoms with Crippen molar-refractivity contribution < 1.29 is 4.79 Å². The number of hydrogen-bond donors (Lipinski definition) is 1. The summed E-state index contributed by atoms with van der Waals surface area (Å²) in [5.74, 6) is 1.13. The predicted molar refractivity (Wildman–Crippen MR) is 101 cm³/mol. The van der Waals surface area contributed by atoms with Crippen LogP contribution in [0.1, 0.15) is 36.7 Å². The van der Waals surface area contributed by atoms with E-state index in [1.165, 1.54) is 5.56 Å². The molecule has 0 unspecified atom stereocenters. The minimum Gasteiger partial charge on any atom is -0.319 e. The predicted octanol–water partition coefficient (Wildman–Crippen LogP) is 3.62. The Hall–Kier alpha value is -2.95. The SMILES string of the molecule is Cc1nc2ccccc2n1CC(=O)N/N=C/c1ccc(C(C)C)cc1. The third kappa shape index (κ3) is 3.94. The number of carbonyl (C=O) groups excluding carboxylic acids is 1. The highest BCUT2D eigenvalue weighted by atomic mass is 16.2. The Morgan fingerprint density at radius 2 is 1.92 bits per heavy atom. The molecule has 3 rings (SSSR count). The smallest absolute Gasteiger partial charge is 0.260 e. The normalized spacial score (nSPS) is 11.5. The summed E-state index contributed by atoms with van der Waals surface area (Å²) in [5, 5.41) is 4.05. The van der Waals surface area contributed by atoms with E-state index in [0.29, 0.717) is 5.92 Å². The van der Waals surface area contributed by atoms with Crippen LogP contribution in [0.25, 0.3) is 11.0 Å². The fourth-order valence-corrected chi connectivity index (χ4v) is 2.72. The number of para-hydroxylation sites is 2. The van der Waals surface area contributed by atoms with Gasteiger partial charge in [-0.05, 0) is 36.1 Å². The number of hydrogen-bond acceptors (Lipinski definition) is 3. The molecule has 0 bridgehead atoms. The van der Waals surface area contributed by atoms with Gasteiger partial charge in [-0.25, -0.2) is 10.4 Å². The molecular formula is C20H22N4O. The van der Waals surface area contributed by atoms with E-state index in [9.17, 15) is 4.79 Å². The highest BCUT2D eigenvalue weighted by Gasteiger charge is 2.09. The largest absolute Gasteiger partial charge is 0.319 e. The summed E-state index contributed by atoms with van der Waals surface area (Å²) in [5.41, 5.74) is 6.65. The number of aryl methyl sites for hydroxylation is 1. The number of fused-ring (bicyclic) bond motifs is 1. The van der Waals surface area contributed by atoms with Gasteiger partial charge in [-0.1, -0.05) is 50.2 Å². The second kappa shape index (κ2) is 7.30. The molecule has 0 radical (unpaired) electrons. The van der Waals surface area contributed by atoms with Gasteiger partial charge in [0, 0.05) is 0 Å². The number of hydrazone groups is 1. The highest BCUT2D eigenvalue weighted by molar-refractivity contribution is 5.83. The molecule has 0 aliphatic carbocycles. The van der Waals surface area contributed by atoms with Crippen LogP contribution in [0.4, 0.5) is 0 Å². The van der Waals surface area contributed by atoms with Crippen LogP contribution in [-0.4, -0.2) is 21.7 Å². The summed E-state index contributed by atoms with van der Waals surface area (Å²) < 4.78 is 1.89. The lowest BCUT2D eigenvalue weighted by atomic mass is 10.0. The molecule has 0 atom stereocenters. The van der Waals surface area contributed by atoms with E-state index < -0.39 is 0 Å². The van der Waals surface area contributed by atoms with E-state index in [-0.39, 0.29) is 12.5 Å². The second-order valence-corrected chi connectivity index (χ2v) is 6.35. The molecule has 1 heterocycles. The Bertz CT molecular complexity index is 907. The minimum absolute atomic E-state index is 0.179. The average Bonchev–Trinajstić information content (AvgIpc) is 2.91. The maximum absolute atomic E-state index is 12.2. The second-order valence-electron chi connectivity index (χ2n) is 6.35. The van der Waals surface area contributed by atoms with Crippen LogP contribution in [0.5, 0.6) is 0 Å². The molecule has 25 heavy (non-hydrogen) atoms. The van der Waals surface area contributed by atoms with Gasteiger partial charge in [0.05, 0.1) is 17.2 Å². The molecule has 5 heteroatoms. The van der Waals surface area contributed by atoms with Gasteiger partial charge in [0.2, 0.25) is 0 Å². The first-order valence-electron chi connectivity index (χ1n) is 8.38. The third-order valence-electron chi connectivity index (χ3n) is 4.15. The fourth-order valence-electron chi connectivity index (χ4n) is 2.72. The molecule has 0 aliphatic rings. The first-order valence-corrected chi connectivity index (χ1v) is 8.38. The Kier molecular flexibility index (Phi) is 4.93. The Labute approximate surface area is 147 Å². The van der Waals surface area contributed by atoms with Gasteiger partial charge in [0.1, 0.15) is 12.4 Å². The number of aromatic nitrogens is 2. The third-order valence-corrected chi connectivity index (χ3v) is 4.15. The van der Waals surface area contributed by atoms with Crippen LogP contribution in [-0.2, 0) is 11.3 Å². The first kappa shape index (κ1) is 16.9. The fraction of sp³-hybridized carbons (Fsp3) is 0.250. The van der Waals surface area contributed by atoms with E-state index in [0.717, 1.165) is 22.4 Å². The molecule has 2 aromatic carbocycles. The van der Waals surface area contributed by atoms with E-state index in [1.807, 2.05) is 47.9 Å². The van der Waals surface area contributed by atoms with E-state index >= 15 is 0 Å². The van der Waals surface area contributed by atoms with Crippen molar-refractivity contribution in [1.82, 2.24) is 15.0 Å². The van der Waals surface area contributed by atoms with Crippen LogP contribution >= 0.6 is 0 Å². The molecule has 1 amide bonds. The molecule has 0 aliphatic heterocycles. The first-order chi connectivity index (χ1) is 12.0. The molecule has 128 valence electrons. The number of rotatable bonds is 5. The zero-order chi connectivity index (χ0) is 17.8. The van der Waals surface area contributed by atoms with Gasteiger partial charge in [-0.15, -0.1) is 0 Å². The van der Waals surface area contributed by atoms with Gasteiger partial charge < -0.3 is 4.57 Å². The van der Waals surface area contributed by atoms with Crippen molar-refractivity contribution in [3.05, 3.63) is 65.5 Å². The zero-order valence-electron chi connectivity index (χ0n) is 14.7. The van der Waals surface area contributed by atoms with Crippen LogP contribution in [0, 0.1) is 6.92 Å². The number of nitrogens with zero attached hydrogens (tertiary/aromatic N) is 3. The zero-order valence-corrected chi connectivity index (χ0v) is 14.7. The van der Waals surface area contributed by atoms with Gasteiger partial charge in [-0.3, -0.25) is 4.79 Å². The van der Waals surface area contributed by atoms with Gasteiger partial charge in [-0.2, -0.15) is 5.10 Å². The molecule has 0 saturated heterocycles. The van der Waals surface area contributed by atoms with Gasteiger partial charge in [0.15, 0.2) is 0 Å². The van der Waals surface area contributed by atoms with Crippen LogP contribution in [0.15, 0.2) is 53.6 Å². The average molecular weight is 334 g/mol. The summed E-state index contributed by atoms with van der Waals surface area (Å²) >= 11 is 0. The molecule has 3 aromatic rings. The van der Waals surface area contributed by atoms with Crippen LogP contribution in [0.3, 0.4) is 0 Å². The molecule has 0 spiro atoms. The van der Waals surface area contributed by atoms with E-state index in [2.05, 4.69) is 41.5 Å². The summed E-state index contributed by atoms with van der Waals surface area (Å²) in [7, 11) is 0. The monoisotopic (exact) mass is 334 g/mol. The van der Waals surface area contributed by atoms with Crippen molar-refractivity contribution in [3.8, 4) is 0 Å². The Balaban J connectivity index is 1.63. The number of carbonyl (C=O) groups is 1. The highest BCUT2D eigenvalue weighted by Crippen LogP contribution is 2.15. The Morgan fingerprint density at radius 1 is 1.20 bits per heavy atom. The van der Waals surface area contributed by atoms with Crippen molar-refractivity contribution in [1.29, 1.82) is 0 Å². The van der Waals surface area contributed by atoms with Gasteiger partial charge in [0.25, 0.3) is 5.91 Å².